The summed E-state index contributed by atoms with van der Waals surface area (Å²) >= 11 is 1.16. The Bertz CT molecular complexity index is 855. The van der Waals surface area contributed by atoms with Gasteiger partial charge in [-0.2, -0.15) is 0 Å². The molecule has 1 N–H and O–H groups in total. The van der Waals surface area contributed by atoms with Crippen molar-refractivity contribution in [1.82, 2.24) is 14.6 Å². The first-order valence-corrected chi connectivity index (χ1v) is 6.86. The van der Waals surface area contributed by atoms with Crippen molar-refractivity contribution >= 4 is 27.9 Å². The highest BCUT2D eigenvalue weighted by Gasteiger charge is 2.19. The van der Waals surface area contributed by atoms with Crippen LogP contribution in [0.25, 0.3) is 4.96 Å². The maximum absolute atomic E-state index is 13.6. The minimum Gasteiger partial charge on any atom is -0.319 e. The lowest BCUT2D eigenvalue weighted by atomic mass is 10.3. The number of rotatable bonds is 2. The van der Waals surface area contributed by atoms with Gasteiger partial charge in [-0.15, -0.1) is 10.2 Å². The van der Waals surface area contributed by atoms with E-state index >= 15 is 0 Å². The van der Waals surface area contributed by atoms with Crippen molar-refractivity contribution in [2.24, 2.45) is 0 Å². The summed E-state index contributed by atoms with van der Waals surface area (Å²) in [6.45, 7) is 3.54. The monoisotopic (exact) mass is 308 g/mol. The number of aromatic nitrogens is 3. The van der Waals surface area contributed by atoms with Crippen LogP contribution in [0.1, 0.15) is 21.2 Å². The van der Waals surface area contributed by atoms with Gasteiger partial charge in [0.05, 0.1) is 5.69 Å². The third kappa shape index (κ3) is 2.27. The van der Waals surface area contributed by atoms with Crippen LogP contribution in [0.15, 0.2) is 18.2 Å². The van der Waals surface area contributed by atoms with Crippen molar-refractivity contribution in [3.05, 3.63) is 46.2 Å². The second-order valence-corrected chi connectivity index (χ2v) is 5.44. The second-order valence-electron chi connectivity index (χ2n) is 4.46. The molecular weight excluding hydrogens is 298 g/mol. The molecule has 0 aliphatic carbocycles. The van der Waals surface area contributed by atoms with Crippen molar-refractivity contribution in [1.29, 1.82) is 0 Å². The SMILES string of the molecule is Cc1nnc2sc(C(=O)Nc3ccc(F)cc3F)c(C)n12. The maximum Gasteiger partial charge on any atom is 0.267 e. The summed E-state index contributed by atoms with van der Waals surface area (Å²) < 4.78 is 28.2. The fraction of sp³-hybridized carbons (Fsp3) is 0.154. The predicted molar refractivity (Wildman–Crippen MR) is 74.6 cm³/mol. The summed E-state index contributed by atoms with van der Waals surface area (Å²) in [7, 11) is 0. The molecule has 0 spiro atoms. The van der Waals surface area contributed by atoms with Crippen molar-refractivity contribution in [3.8, 4) is 0 Å². The minimum atomic E-state index is -0.819. The lowest BCUT2D eigenvalue weighted by Gasteiger charge is -2.05. The number of fused-ring (bicyclic) bond motifs is 1. The molecule has 0 unspecified atom stereocenters. The Morgan fingerprint density at radius 1 is 1.29 bits per heavy atom. The van der Waals surface area contributed by atoms with E-state index < -0.39 is 17.5 Å². The predicted octanol–water partition coefficient (Wildman–Crippen LogP) is 2.94. The molecule has 3 aromatic rings. The number of nitrogens with zero attached hydrogens (tertiary/aromatic N) is 3. The van der Waals surface area contributed by atoms with E-state index in [1.54, 1.807) is 18.2 Å². The summed E-state index contributed by atoms with van der Waals surface area (Å²) in [5.74, 6) is -1.31. The van der Waals surface area contributed by atoms with Gasteiger partial charge in [0, 0.05) is 11.8 Å². The van der Waals surface area contributed by atoms with Crippen molar-refractivity contribution < 1.29 is 13.6 Å². The minimum absolute atomic E-state index is 0.0679. The largest absolute Gasteiger partial charge is 0.319 e. The second kappa shape index (κ2) is 4.88. The van der Waals surface area contributed by atoms with Gasteiger partial charge >= 0.3 is 0 Å². The number of benzene rings is 1. The fourth-order valence-electron chi connectivity index (χ4n) is 2.04. The Kier molecular flexibility index (Phi) is 3.17. The van der Waals surface area contributed by atoms with Crippen LogP contribution in [-0.4, -0.2) is 20.5 Å². The molecule has 0 saturated carbocycles. The third-order valence-corrected chi connectivity index (χ3v) is 4.17. The number of halogens is 2. The van der Waals surface area contributed by atoms with E-state index in [1.165, 1.54) is 6.07 Å². The molecule has 0 aliphatic heterocycles. The number of thiazole rings is 1. The standard InChI is InChI=1S/C13H10F2N4OS/c1-6-11(21-13-18-17-7(2)19(6)13)12(20)16-10-4-3-8(14)5-9(10)15/h3-5H,1-2H3,(H,16,20). The Morgan fingerprint density at radius 2 is 2.05 bits per heavy atom. The number of carbonyl (C=O) groups is 1. The van der Waals surface area contributed by atoms with Crippen LogP contribution in [0.5, 0.6) is 0 Å². The zero-order valence-corrected chi connectivity index (χ0v) is 12.0. The highest BCUT2D eigenvalue weighted by atomic mass is 32.1. The Labute approximate surface area is 122 Å². The van der Waals surface area contributed by atoms with E-state index in [-0.39, 0.29) is 5.69 Å². The molecule has 5 nitrogen and oxygen atoms in total. The number of nitrogens with one attached hydrogen (secondary N) is 1. The smallest absolute Gasteiger partial charge is 0.267 e. The number of carbonyl (C=O) groups excluding carboxylic acids is 1. The molecule has 0 bridgehead atoms. The summed E-state index contributed by atoms with van der Waals surface area (Å²) in [5.41, 5.74) is 0.610. The molecule has 1 amide bonds. The summed E-state index contributed by atoms with van der Waals surface area (Å²) in [4.78, 5) is 13.2. The summed E-state index contributed by atoms with van der Waals surface area (Å²) in [6, 6.07) is 2.99. The molecule has 0 saturated heterocycles. The topological polar surface area (TPSA) is 59.3 Å². The molecule has 2 heterocycles. The number of aryl methyl sites for hydroxylation is 2. The molecule has 0 radical (unpaired) electrons. The Balaban J connectivity index is 1.95. The van der Waals surface area contributed by atoms with Crippen LogP contribution in [-0.2, 0) is 0 Å². The van der Waals surface area contributed by atoms with E-state index in [9.17, 15) is 13.6 Å². The van der Waals surface area contributed by atoms with Crippen LogP contribution < -0.4 is 5.32 Å². The zero-order valence-electron chi connectivity index (χ0n) is 11.1. The lowest BCUT2D eigenvalue weighted by molar-refractivity contribution is 0.102. The average molecular weight is 308 g/mol. The highest BCUT2D eigenvalue weighted by Crippen LogP contribution is 2.24. The van der Waals surface area contributed by atoms with Gasteiger partial charge in [-0.25, -0.2) is 8.78 Å². The molecule has 0 fully saturated rings. The molecule has 108 valence electrons. The molecule has 0 atom stereocenters. The van der Waals surface area contributed by atoms with Crippen LogP contribution in [0.4, 0.5) is 14.5 Å². The van der Waals surface area contributed by atoms with Crippen molar-refractivity contribution in [2.75, 3.05) is 5.32 Å². The van der Waals surface area contributed by atoms with Gasteiger partial charge < -0.3 is 5.32 Å². The van der Waals surface area contributed by atoms with Crippen molar-refractivity contribution in [3.63, 3.8) is 0 Å². The summed E-state index contributed by atoms with van der Waals surface area (Å²) in [5, 5.41) is 10.3. The van der Waals surface area contributed by atoms with E-state index in [1.807, 2.05) is 0 Å². The van der Waals surface area contributed by atoms with E-state index in [0.717, 1.165) is 23.5 Å². The van der Waals surface area contributed by atoms with E-state index in [0.29, 0.717) is 21.4 Å². The molecule has 3 rings (SSSR count). The summed E-state index contributed by atoms with van der Waals surface area (Å²) in [6.07, 6.45) is 0. The molecule has 0 aliphatic rings. The average Bonchev–Trinajstić information content (AvgIpc) is 2.95. The van der Waals surface area contributed by atoms with Crippen LogP contribution in [0.3, 0.4) is 0 Å². The van der Waals surface area contributed by atoms with Gasteiger partial charge in [0.15, 0.2) is 0 Å². The van der Waals surface area contributed by atoms with Gasteiger partial charge in [0.1, 0.15) is 22.3 Å². The van der Waals surface area contributed by atoms with Gasteiger partial charge in [-0.1, -0.05) is 11.3 Å². The molecule has 1 aromatic carbocycles. The van der Waals surface area contributed by atoms with Gasteiger partial charge in [-0.3, -0.25) is 9.20 Å². The molecule has 8 heteroatoms. The molecule has 21 heavy (non-hydrogen) atoms. The molecule has 2 aromatic heterocycles. The maximum atomic E-state index is 13.6. The van der Waals surface area contributed by atoms with Gasteiger partial charge in [0.2, 0.25) is 4.96 Å². The van der Waals surface area contributed by atoms with E-state index in [4.69, 9.17) is 0 Å². The quantitative estimate of drug-likeness (QED) is 0.792. The highest BCUT2D eigenvalue weighted by molar-refractivity contribution is 7.19. The first-order chi connectivity index (χ1) is 9.97. The van der Waals surface area contributed by atoms with Crippen LogP contribution >= 0.6 is 11.3 Å². The number of amides is 1. The Hall–Kier alpha value is -2.35. The van der Waals surface area contributed by atoms with Gasteiger partial charge in [0.25, 0.3) is 5.91 Å². The first kappa shape index (κ1) is 13.6. The van der Waals surface area contributed by atoms with Crippen molar-refractivity contribution in [2.45, 2.75) is 13.8 Å². The van der Waals surface area contributed by atoms with E-state index in [2.05, 4.69) is 15.5 Å². The van der Waals surface area contributed by atoms with Gasteiger partial charge in [-0.05, 0) is 26.0 Å². The number of hydrogen-bond donors (Lipinski definition) is 1. The zero-order chi connectivity index (χ0) is 15.1. The number of hydrogen-bond acceptors (Lipinski definition) is 4. The van der Waals surface area contributed by atoms with Crippen LogP contribution in [0, 0.1) is 25.5 Å². The first-order valence-electron chi connectivity index (χ1n) is 6.05. The Morgan fingerprint density at radius 3 is 2.71 bits per heavy atom. The van der Waals surface area contributed by atoms with Crippen LogP contribution in [0.2, 0.25) is 0 Å². The lowest BCUT2D eigenvalue weighted by Crippen LogP contribution is -2.13. The molecular formula is C13H10F2N4OS. The fourth-order valence-corrected chi connectivity index (χ4v) is 3.05. The normalized spacial score (nSPS) is 11.0. The third-order valence-electron chi connectivity index (χ3n) is 3.04. The number of anilines is 1.